The normalized spacial score (nSPS) is 11.4. The number of nitro groups is 1. The molecule has 1 aromatic carbocycles. The molecule has 0 aliphatic carbocycles. The Balaban J connectivity index is 3.42. The van der Waals surface area contributed by atoms with Crippen LogP contribution in [0.1, 0.15) is 12.5 Å². The van der Waals surface area contributed by atoms with Crippen LogP contribution in [0.4, 0.5) is 5.69 Å². The molecule has 16 heavy (non-hydrogen) atoms. The highest BCUT2D eigenvalue weighted by Gasteiger charge is 2.24. The first-order chi connectivity index (χ1) is 7.38. The van der Waals surface area contributed by atoms with Crippen LogP contribution in [0, 0.1) is 17.0 Å². The monoisotopic (exact) mass is 244 g/mol. The van der Waals surface area contributed by atoms with Crippen molar-refractivity contribution >= 4 is 15.7 Å². The highest BCUT2D eigenvalue weighted by Crippen LogP contribution is 2.24. The first-order valence-electron chi connectivity index (χ1n) is 4.63. The number of sulfonamides is 1. The van der Waals surface area contributed by atoms with Crippen molar-refractivity contribution in [3.8, 4) is 0 Å². The number of aryl methyl sites for hydroxylation is 1. The van der Waals surface area contributed by atoms with Crippen LogP contribution >= 0.6 is 0 Å². The standard InChI is InChI=1S/C9H12N2O4S/c1-3-10-16(14,15)9-6-7(2)4-5-8(9)11(12)13/h4-6,10H,3H2,1-2H3. The Kier molecular flexibility index (Phi) is 3.61. The van der Waals surface area contributed by atoms with Crippen LogP contribution in [-0.2, 0) is 10.0 Å². The van der Waals surface area contributed by atoms with Gasteiger partial charge in [-0.3, -0.25) is 10.1 Å². The fraction of sp³-hybridized carbons (Fsp3) is 0.333. The minimum Gasteiger partial charge on any atom is -0.258 e. The lowest BCUT2D eigenvalue weighted by molar-refractivity contribution is -0.387. The third kappa shape index (κ3) is 2.56. The third-order valence-corrected chi connectivity index (χ3v) is 3.51. The fourth-order valence-electron chi connectivity index (χ4n) is 1.26. The van der Waals surface area contributed by atoms with Gasteiger partial charge in [0, 0.05) is 12.6 Å². The van der Waals surface area contributed by atoms with Crippen molar-refractivity contribution in [1.82, 2.24) is 4.72 Å². The molecular formula is C9H12N2O4S. The number of benzene rings is 1. The predicted molar refractivity (Wildman–Crippen MR) is 58.7 cm³/mol. The van der Waals surface area contributed by atoms with Crippen LogP contribution in [0.15, 0.2) is 23.1 Å². The maximum atomic E-state index is 11.7. The lowest BCUT2D eigenvalue weighted by Gasteiger charge is -2.05. The Labute approximate surface area is 93.5 Å². The summed E-state index contributed by atoms with van der Waals surface area (Å²) in [4.78, 5) is 9.70. The van der Waals surface area contributed by atoms with Crippen molar-refractivity contribution in [3.05, 3.63) is 33.9 Å². The van der Waals surface area contributed by atoms with E-state index in [9.17, 15) is 18.5 Å². The molecule has 0 amide bonds. The van der Waals surface area contributed by atoms with Gasteiger partial charge in [0.25, 0.3) is 5.69 Å². The Morgan fingerprint density at radius 2 is 2.06 bits per heavy atom. The zero-order chi connectivity index (χ0) is 12.3. The maximum Gasteiger partial charge on any atom is 0.289 e. The Morgan fingerprint density at radius 3 is 2.56 bits per heavy atom. The number of nitrogens with one attached hydrogen (secondary N) is 1. The van der Waals surface area contributed by atoms with Crippen LogP contribution in [-0.4, -0.2) is 19.9 Å². The largest absolute Gasteiger partial charge is 0.289 e. The molecule has 0 unspecified atom stereocenters. The molecule has 0 bridgehead atoms. The van der Waals surface area contributed by atoms with Crippen molar-refractivity contribution in [3.63, 3.8) is 0 Å². The molecule has 0 atom stereocenters. The number of nitro benzene ring substituents is 1. The molecule has 0 aliphatic rings. The van der Waals surface area contributed by atoms with Gasteiger partial charge in [-0.1, -0.05) is 13.0 Å². The minimum absolute atomic E-state index is 0.188. The van der Waals surface area contributed by atoms with E-state index in [2.05, 4.69) is 4.72 Å². The number of nitrogens with zero attached hydrogens (tertiary/aromatic N) is 1. The molecular weight excluding hydrogens is 232 g/mol. The maximum absolute atomic E-state index is 11.7. The van der Waals surface area contributed by atoms with Crippen molar-refractivity contribution in [2.24, 2.45) is 0 Å². The van der Waals surface area contributed by atoms with Gasteiger partial charge >= 0.3 is 0 Å². The second-order valence-electron chi connectivity index (χ2n) is 3.23. The van der Waals surface area contributed by atoms with Crippen molar-refractivity contribution in [2.75, 3.05) is 6.54 Å². The van der Waals surface area contributed by atoms with E-state index in [0.29, 0.717) is 5.56 Å². The van der Waals surface area contributed by atoms with Crippen LogP contribution < -0.4 is 4.72 Å². The molecule has 0 spiro atoms. The summed E-state index contributed by atoms with van der Waals surface area (Å²) in [6, 6.07) is 3.98. The van der Waals surface area contributed by atoms with Gasteiger partial charge in [-0.05, 0) is 18.6 Å². The summed E-state index contributed by atoms with van der Waals surface area (Å²) in [7, 11) is -3.80. The fourth-order valence-corrected chi connectivity index (χ4v) is 2.55. The summed E-state index contributed by atoms with van der Waals surface area (Å²) >= 11 is 0. The van der Waals surface area contributed by atoms with E-state index < -0.39 is 20.6 Å². The quantitative estimate of drug-likeness (QED) is 0.636. The predicted octanol–water partition coefficient (Wildman–Crippen LogP) is 1.20. The lowest BCUT2D eigenvalue weighted by atomic mass is 10.2. The van der Waals surface area contributed by atoms with Crippen molar-refractivity contribution in [2.45, 2.75) is 18.7 Å². The Morgan fingerprint density at radius 1 is 1.44 bits per heavy atom. The third-order valence-electron chi connectivity index (χ3n) is 1.94. The van der Waals surface area contributed by atoms with E-state index in [1.165, 1.54) is 18.2 Å². The molecule has 0 fully saturated rings. The van der Waals surface area contributed by atoms with E-state index in [0.717, 1.165) is 0 Å². The number of rotatable bonds is 4. The lowest BCUT2D eigenvalue weighted by Crippen LogP contribution is -2.24. The van der Waals surface area contributed by atoms with E-state index in [4.69, 9.17) is 0 Å². The van der Waals surface area contributed by atoms with Gasteiger partial charge in [-0.2, -0.15) is 0 Å². The molecule has 1 N–H and O–H groups in total. The molecule has 0 aromatic heterocycles. The minimum atomic E-state index is -3.80. The van der Waals surface area contributed by atoms with Gasteiger partial charge in [-0.25, -0.2) is 13.1 Å². The summed E-state index contributed by atoms with van der Waals surface area (Å²) in [5.74, 6) is 0. The van der Waals surface area contributed by atoms with Gasteiger partial charge in [0.1, 0.15) is 0 Å². The highest BCUT2D eigenvalue weighted by molar-refractivity contribution is 7.89. The first kappa shape index (κ1) is 12.6. The van der Waals surface area contributed by atoms with Gasteiger partial charge in [0.2, 0.25) is 10.0 Å². The van der Waals surface area contributed by atoms with Gasteiger partial charge in [0.15, 0.2) is 4.90 Å². The van der Waals surface area contributed by atoms with Crippen LogP contribution in [0.3, 0.4) is 0 Å². The summed E-state index contributed by atoms with van der Waals surface area (Å²) in [5, 5.41) is 10.7. The molecule has 7 heteroatoms. The Bertz CT molecular complexity index is 510. The van der Waals surface area contributed by atoms with Gasteiger partial charge in [-0.15, -0.1) is 0 Å². The highest BCUT2D eigenvalue weighted by atomic mass is 32.2. The zero-order valence-corrected chi connectivity index (χ0v) is 9.74. The second-order valence-corrected chi connectivity index (χ2v) is 4.96. The van der Waals surface area contributed by atoms with Crippen molar-refractivity contribution in [1.29, 1.82) is 0 Å². The summed E-state index contributed by atoms with van der Waals surface area (Å²) < 4.78 is 25.6. The molecule has 1 aromatic rings. The molecule has 0 saturated heterocycles. The summed E-state index contributed by atoms with van der Waals surface area (Å²) in [6.07, 6.45) is 0. The van der Waals surface area contributed by atoms with Gasteiger partial charge < -0.3 is 0 Å². The first-order valence-corrected chi connectivity index (χ1v) is 6.11. The van der Waals surface area contributed by atoms with Crippen LogP contribution in [0.2, 0.25) is 0 Å². The van der Waals surface area contributed by atoms with E-state index in [1.807, 2.05) is 0 Å². The average Bonchev–Trinajstić information content (AvgIpc) is 2.17. The molecule has 6 nitrogen and oxygen atoms in total. The topological polar surface area (TPSA) is 89.3 Å². The smallest absolute Gasteiger partial charge is 0.258 e. The Hall–Kier alpha value is -1.47. The van der Waals surface area contributed by atoms with E-state index >= 15 is 0 Å². The van der Waals surface area contributed by atoms with Gasteiger partial charge in [0.05, 0.1) is 4.92 Å². The van der Waals surface area contributed by atoms with E-state index in [1.54, 1.807) is 13.8 Å². The summed E-state index contributed by atoms with van der Waals surface area (Å²) in [5.41, 5.74) is 0.244. The number of hydrogen-bond donors (Lipinski definition) is 1. The van der Waals surface area contributed by atoms with Crippen LogP contribution in [0.5, 0.6) is 0 Å². The molecule has 1 rings (SSSR count). The molecule has 0 radical (unpaired) electrons. The van der Waals surface area contributed by atoms with Crippen molar-refractivity contribution < 1.29 is 13.3 Å². The van der Waals surface area contributed by atoms with E-state index in [-0.39, 0.29) is 11.4 Å². The zero-order valence-electron chi connectivity index (χ0n) is 8.93. The molecule has 0 saturated carbocycles. The second kappa shape index (κ2) is 4.58. The number of hydrogen-bond acceptors (Lipinski definition) is 4. The molecule has 88 valence electrons. The molecule has 0 aliphatic heterocycles. The average molecular weight is 244 g/mol. The SMILES string of the molecule is CCNS(=O)(=O)c1cc(C)ccc1[N+](=O)[O-]. The van der Waals surface area contributed by atoms with Crippen LogP contribution in [0.25, 0.3) is 0 Å². The molecule has 0 heterocycles. The summed E-state index contributed by atoms with van der Waals surface area (Å²) in [6.45, 7) is 3.47.